The lowest BCUT2D eigenvalue weighted by molar-refractivity contribution is 0.394. The van der Waals surface area contributed by atoms with Crippen LogP contribution in [0.25, 0.3) is 11.4 Å². The lowest BCUT2D eigenvalue weighted by atomic mass is 10.1. The average molecular weight is 280 g/mol. The Morgan fingerprint density at radius 2 is 1.76 bits per heavy atom. The van der Waals surface area contributed by atoms with Crippen molar-refractivity contribution < 1.29 is 4.52 Å². The van der Waals surface area contributed by atoms with Gasteiger partial charge in [-0.25, -0.2) is 5.43 Å². The van der Waals surface area contributed by atoms with Crippen molar-refractivity contribution in [3.8, 4) is 11.4 Å². The van der Waals surface area contributed by atoms with Crippen LogP contribution in [0.4, 0.5) is 5.69 Å². The summed E-state index contributed by atoms with van der Waals surface area (Å²) in [7, 11) is 0. The molecule has 0 unspecified atom stereocenters. The molecule has 0 spiro atoms. The summed E-state index contributed by atoms with van der Waals surface area (Å²) in [5, 5.41) is 3.90. The van der Waals surface area contributed by atoms with Crippen molar-refractivity contribution >= 4 is 5.69 Å². The summed E-state index contributed by atoms with van der Waals surface area (Å²) in [6, 6.07) is 18.1. The van der Waals surface area contributed by atoms with Gasteiger partial charge in [-0.3, -0.25) is 0 Å². The van der Waals surface area contributed by atoms with Crippen LogP contribution in [0.5, 0.6) is 0 Å². The van der Waals surface area contributed by atoms with E-state index in [1.807, 2.05) is 54.6 Å². The highest BCUT2D eigenvalue weighted by Gasteiger charge is 2.04. The number of hydrogen-bond acceptors (Lipinski definition) is 5. The molecule has 106 valence electrons. The maximum Gasteiger partial charge on any atom is 0.223 e. The number of aryl methyl sites for hydroxylation is 1. The van der Waals surface area contributed by atoms with Crippen molar-refractivity contribution in [3.05, 3.63) is 66.1 Å². The van der Waals surface area contributed by atoms with Gasteiger partial charge in [-0.05, 0) is 17.7 Å². The number of nitrogens with one attached hydrogen (secondary N) is 2. The number of aromatic nitrogens is 2. The van der Waals surface area contributed by atoms with Crippen LogP contribution in [-0.4, -0.2) is 10.1 Å². The Morgan fingerprint density at radius 3 is 2.43 bits per heavy atom. The Bertz CT molecular complexity index is 692. The first-order chi connectivity index (χ1) is 10.3. The number of para-hydroxylation sites is 1. The summed E-state index contributed by atoms with van der Waals surface area (Å²) in [6.07, 6.45) is 0. The van der Waals surface area contributed by atoms with Crippen LogP contribution in [-0.2, 0) is 6.54 Å². The third-order valence-corrected chi connectivity index (χ3v) is 3.04. The molecule has 0 aliphatic carbocycles. The largest absolute Gasteiger partial charge is 0.339 e. The molecule has 0 aliphatic rings. The second kappa shape index (κ2) is 6.19. The number of anilines is 1. The molecule has 3 aromatic rings. The van der Waals surface area contributed by atoms with Crippen LogP contribution >= 0.6 is 0 Å². The highest BCUT2D eigenvalue weighted by molar-refractivity contribution is 5.54. The van der Waals surface area contributed by atoms with Crippen LogP contribution in [0.2, 0.25) is 0 Å². The van der Waals surface area contributed by atoms with E-state index in [9.17, 15) is 0 Å². The van der Waals surface area contributed by atoms with Gasteiger partial charge in [0.25, 0.3) is 0 Å². The van der Waals surface area contributed by atoms with Gasteiger partial charge in [0.2, 0.25) is 11.7 Å². The predicted molar refractivity (Wildman–Crippen MR) is 81.4 cm³/mol. The number of rotatable bonds is 5. The van der Waals surface area contributed by atoms with E-state index in [1.54, 1.807) is 6.92 Å². The molecule has 0 fully saturated rings. The number of nitrogens with zero attached hydrogens (tertiary/aromatic N) is 2. The average Bonchev–Trinajstić information content (AvgIpc) is 2.96. The molecule has 0 bridgehead atoms. The van der Waals surface area contributed by atoms with Crippen LogP contribution in [0.1, 0.15) is 11.5 Å². The van der Waals surface area contributed by atoms with E-state index in [0.717, 1.165) is 17.8 Å². The quantitative estimate of drug-likeness (QED) is 0.703. The maximum absolute atomic E-state index is 4.98. The van der Waals surface area contributed by atoms with Gasteiger partial charge in [-0.15, -0.1) is 0 Å². The first-order valence-electron chi connectivity index (χ1n) is 6.75. The summed E-state index contributed by atoms with van der Waals surface area (Å²) >= 11 is 0. The van der Waals surface area contributed by atoms with E-state index >= 15 is 0 Å². The molecule has 0 radical (unpaired) electrons. The fraction of sp³-hybridized carbons (Fsp3) is 0.125. The van der Waals surface area contributed by atoms with E-state index in [-0.39, 0.29) is 0 Å². The summed E-state index contributed by atoms with van der Waals surface area (Å²) in [6.45, 7) is 2.50. The fourth-order valence-corrected chi connectivity index (χ4v) is 1.96. The molecule has 1 aromatic heterocycles. The SMILES string of the molecule is Cc1nc(-c2ccc(CNNc3ccccc3)cc2)no1. The normalized spacial score (nSPS) is 10.5. The molecule has 0 amide bonds. The number of hydrazine groups is 1. The highest BCUT2D eigenvalue weighted by Crippen LogP contribution is 2.16. The van der Waals surface area contributed by atoms with Crippen LogP contribution < -0.4 is 10.9 Å². The van der Waals surface area contributed by atoms with Crippen LogP contribution in [0, 0.1) is 6.92 Å². The van der Waals surface area contributed by atoms with Gasteiger partial charge in [0.05, 0.1) is 0 Å². The Morgan fingerprint density at radius 1 is 1.00 bits per heavy atom. The summed E-state index contributed by atoms with van der Waals surface area (Å²) in [4.78, 5) is 4.21. The van der Waals surface area contributed by atoms with Crippen LogP contribution in [0.3, 0.4) is 0 Å². The van der Waals surface area contributed by atoms with Gasteiger partial charge >= 0.3 is 0 Å². The molecule has 5 nitrogen and oxygen atoms in total. The minimum absolute atomic E-state index is 0.572. The molecule has 0 saturated heterocycles. The third-order valence-electron chi connectivity index (χ3n) is 3.04. The number of benzene rings is 2. The molecule has 2 aromatic carbocycles. The van der Waals surface area contributed by atoms with Crippen molar-refractivity contribution in [2.75, 3.05) is 5.43 Å². The molecule has 0 atom stereocenters. The summed E-state index contributed by atoms with van der Waals surface area (Å²) in [5.41, 5.74) is 9.49. The van der Waals surface area contributed by atoms with Gasteiger partial charge < -0.3 is 9.95 Å². The Labute approximate surface area is 123 Å². The van der Waals surface area contributed by atoms with Gasteiger partial charge in [0, 0.05) is 24.7 Å². The molecule has 2 N–H and O–H groups in total. The second-order valence-electron chi connectivity index (χ2n) is 4.68. The zero-order valence-electron chi connectivity index (χ0n) is 11.7. The first-order valence-corrected chi connectivity index (χ1v) is 6.75. The molecule has 21 heavy (non-hydrogen) atoms. The van der Waals surface area contributed by atoms with E-state index in [2.05, 4.69) is 21.0 Å². The fourth-order valence-electron chi connectivity index (χ4n) is 1.96. The highest BCUT2D eigenvalue weighted by atomic mass is 16.5. The Hall–Kier alpha value is -2.66. The predicted octanol–water partition coefficient (Wildman–Crippen LogP) is 3.16. The van der Waals surface area contributed by atoms with Crippen LogP contribution in [0.15, 0.2) is 59.1 Å². The molecule has 5 heteroatoms. The van der Waals surface area contributed by atoms with Crippen molar-refractivity contribution in [1.29, 1.82) is 0 Å². The molecular formula is C16H16N4O. The lowest BCUT2D eigenvalue weighted by Gasteiger charge is -2.08. The van der Waals surface area contributed by atoms with Crippen molar-refractivity contribution in [2.45, 2.75) is 13.5 Å². The van der Waals surface area contributed by atoms with Gasteiger partial charge in [-0.2, -0.15) is 4.98 Å². The zero-order valence-corrected chi connectivity index (χ0v) is 11.7. The van der Waals surface area contributed by atoms with E-state index in [1.165, 1.54) is 5.56 Å². The van der Waals surface area contributed by atoms with Gasteiger partial charge in [-0.1, -0.05) is 47.6 Å². The number of hydrogen-bond donors (Lipinski definition) is 2. The Balaban J connectivity index is 1.57. The lowest BCUT2D eigenvalue weighted by Crippen LogP contribution is -2.20. The van der Waals surface area contributed by atoms with Crippen molar-refractivity contribution in [2.24, 2.45) is 0 Å². The zero-order chi connectivity index (χ0) is 14.5. The molecule has 3 rings (SSSR count). The van der Waals surface area contributed by atoms with Gasteiger partial charge in [0.1, 0.15) is 0 Å². The monoisotopic (exact) mass is 280 g/mol. The summed E-state index contributed by atoms with van der Waals surface area (Å²) < 4.78 is 4.98. The van der Waals surface area contributed by atoms with Crippen molar-refractivity contribution in [3.63, 3.8) is 0 Å². The minimum Gasteiger partial charge on any atom is -0.339 e. The molecule has 0 saturated carbocycles. The molecular weight excluding hydrogens is 264 g/mol. The van der Waals surface area contributed by atoms with Gasteiger partial charge in [0.15, 0.2) is 0 Å². The smallest absolute Gasteiger partial charge is 0.223 e. The topological polar surface area (TPSA) is 63.0 Å². The standard InChI is InChI=1S/C16H16N4O/c1-12-18-16(20-21-12)14-9-7-13(8-10-14)11-17-19-15-5-3-2-4-6-15/h2-10,17,19H,11H2,1H3. The van der Waals surface area contributed by atoms with E-state index in [0.29, 0.717) is 11.7 Å². The van der Waals surface area contributed by atoms with E-state index in [4.69, 9.17) is 4.52 Å². The molecule has 0 aliphatic heterocycles. The first kappa shape index (κ1) is 13.3. The Kier molecular flexibility index (Phi) is 3.93. The second-order valence-corrected chi connectivity index (χ2v) is 4.68. The minimum atomic E-state index is 0.572. The summed E-state index contributed by atoms with van der Waals surface area (Å²) in [5.74, 6) is 1.19. The maximum atomic E-state index is 4.98. The van der Waals surface area contributed by atoms with Crippen molar-refractivity contribution in [1.82, 2.24) is 15.6 Å². The molecule has 1 heterocycles. The third kappa shape index (κ3) is 3.46. The van der Waals surface area contributed by atoms with E-state index < -0.39 is 0 Å².